The molecular formula is C12H14Cl2Zr. The number of halogens is 2. The molecule has 0 atom stereocenters. The summed E-state index contributed by atoms with van der Waals surface area (Å²) in [5.74, 6) is 0. The van der Waals surface area contributed by atoms with Gasteiger partial charge in [0.15, 0.2) is 0 Å². The van der Waals surface area contributed by atoms with Crippen molar-refractivity contribution in [1.29, 1.82) is 0 Å². The summed E-state index contributed by atoms with van der Waals surface area (Å²) in [5.41, 5.74) is 0. The summed E-state index contributed by atoms with van der Waals surface area (Å²) in [4.78, 5) is 0. The van der Waals surface area contributed by atoms with Crippen molar-refractivity contribution in [1.82, 2.24) is 0 Å². The number of rotatable bonds is 0. The molecule has 15 heavy (non-hydrogen) atoms. The molecule has 0 N–H and O–H groups in total. The van der Waals surface area contributed by atoms with Crippen LogP contribution in [-0.2, 0) is 20.8 Å². The molecule has 0 spiro atoms. The van der Waals surface area contributed by atoms with E-state index >= 15 is 0 Å². The molecule has 0 heterocycles. The minimum absolute atomic E-state index is 0.826. The van der Waals surface area contributed by atoms with Crippen LogP contribution in [0.3, 0.4) is 0 Å². The average molecular weight is 320 g/mol. The van der Waals surface area contributed by atoms with Gasteiger partial charge in [0, 0.05) is 0 Å². The molecule has 0 amide bonds. The Bertz CT molecular complexity index is 178. The molecule has 3 heteroatoms. The van der Waals surface area contributed by atoms with Crippen molar-refractivity contribution in [3.8, 4) is 0 Å². The van der Waals surface area contributed by atoms with Crippen LogP contribution in [0.5, 0.6) is 0 Å². The van der Waals surface area contributed by atoms with Gasteiger partial charge in [-0.05, 0) is 0 Å². The summed E-state index contributed by atoms with van der Waals surface area (Å²) in [7, 11) is 9.87. The van der Waals surface area contributed by atoms with E-state index < -0.39 is 20.8 Å². The largest absolute Gasteiger partial charge is 0.214 e. The van der Waals surface area contributed by atoms with Gasteiger partial charge in [-0.25, -0.2) is 24.3 Å². The van der Waals surface area contributed by atoms with E-state index in [0.717, 1.165) is 0 Å². The third-order valence-corrected chi connectivity index (χ3v) is 1.11. The van der Waals surface area contributed by atoms with E-state index in [1.807, 2.05) is 60.7 Å². The second-order valence-electron chi connectivity index (χ2n) is 2.00. The maximum Gasteiger partial charge on any atom is -0.172 e. The summed E-state index contributed by atoms with van der Waals surface area (Å²) in [6.45, 7) is 6.00. The summed E-state index contributed by atoms with van der Waals surface area (Å²) < 4.78 is 0. The molecular weight excluding hydrogens is 306 g/mol. The van der Waals surface area contributed by atoms with Crippen LogP contribution in [0.2, 0.25) is 0 Å². The first-order valence-corrected chi connectivity index (χ1v) is 10.5. The van der Waals surface area contributed by atoms with E-state index in [2.05, 4.69) is 13.2 Å². The Morgan fingerprint density at radius 2 is 0.933 bits per heavy atom. The van der Waals surface area contributed by atoms with Gasteiger partial charge in [-0.3, -0.25) is 0 Å². The smallest absolute Gasteiger partial charge is 0.172 e. The summed E-state index contributed by atoms with van der Waals surface area (Å²) in [6, 6.07) is 20.0. The van der Waals surface area contributed by atoms with Crippen LogP contribution >= 0.6 is 17.0 Å². The molecule has 0 unspecified atom stereocenters. The normalized spacial score (nSPS) is 6.27. The van der Waals surface area contributed by atoms with Crippen LogP contribution in [0.4, 0.5) is 0 Å². The first-order chi connectivity index (χ1) is 7.41. The molecule has 0 aliphatic rings. The van der Waals surface area contributed by atoms with E-state index in [-0.39, 0.29) is 0 Å². The van der Waals surface area contributed by atoms with Crippen LogP contribution in [0.1, 0.15) is 0 Å². The second-order valence-corrected chi connectivity index (χ2v) is 5.73. The SMILES string of the molecule is C=C.[Cl][Zr+2][Cl].c1cc[cH-]c1.c1cc[cH-]c1. The molecule has 2 rings (SSSR count). The van der Waals surface area contributed by atoms with E-state index in [1.165, 1.54) is 0 Å². The van der Waals surface area contributed by atoms with E-state index in [1.54, 1.807) is 0 Å². The molecule has 0 aliphatic carbocycles. The maximum absolute atomic E-state index is 4.93. The Kier molecular flexibility index (Phi) is 22.5. The molecule has 2 aromatic carbocycles. The van der Waals surface area contributed by atoms with Gasteiger partial charge in [0.2, 0.25) is 0 Å². The van der Waals surface area contributed by atoms with Crippen molar-refractivity contribution in [2.45, 2.75) is 0 Å². The Balaban J connectivity index is 0. The first-order valence-electron chi connectivity index (χ1n) is 4.21. The Morgan fingerprint density at radius 3 is 1.00 bits per heavy atom. The fourth-order valence-corrected chi connectivity index (χ4v) is 0.642. The van der Waals surface area contributed by atoms with E-state index in [9.17, 15) is 0 Å². The molecule has 0 fully saturated rings. The van der Waals surface area contributed by atoms with Crippen LogP contribution < -0.4 is 0 Å². The third kappa shape index (κ3) is 20.1. The monoisotopic (exact) mass is 318 g/mol. The number of hydrogen-bond acceptors (Lipinski definition) is 0. The van der Waals surface area contributed by atoms with E-state index in [4.69, 9.17) is 17.0 Å². The van der Waals surface area contributed by atoms with Crippen molar-refractivity contribution in [3.63, 3.8) is 0 Å². The molecule has 0 bridgehead atoms. The van der Waals surface area contributed by atoms with Gasteiger partial charge in [0.1, 0.15) is 0 Å². The second kappa shape index (κ2) is 19.5. The fourth-order valence-electron chi connectivity index (χ4n) is 0.642. The molecule has 0 saturated heterocycles. The summed E-state index contributed by atoms with van der Waals surface area (Å²) in [5, 5.41) is 0. The third-order valence-electron chi connectivity index (χ3n) is 1.11. The Morgan fingerprint density at radius 1 is 0.733 bits per heavy atom. The van der Waals surface area contributed by atoms with Crippen molar-refractivity contribution in [3.05, 3.63) is 73.8 Å². The van der Waals surface area contributed by atoms with Crippen molar-refractivity contribution in [2.75, 3.05) is 0 Å². The molecule has 0 radical (unpaired) electrons. The average Bonchev–Trinajstić information content (AvgIpc) is 3.01. The zero-order chi connectivity index (χ0) is 11.8. The van der Waals surface area contributed by atoms with Gasteiger partial charge < -0.3 is 0 Å². The van der Waals surface area contributed by atoms with Crippen LogP contribution in [0, 0.1) is 0 Å². The summed E-state index contributed by atoms with van der Waals surface area (Å²) >= 11 is -0.826. The van der Waals surface area contributed by atoms with Crippen molar-refractivity contribution >= 4 is 17.0 Å². The van der Waals surface area contributed by atoms with Crippen molar-refractivity contribution in [2.24, 2.45) is 0 Å². The maximum atomic E-state index is 4.93. The molecule has 80 valence electrons. The minimum Gasteiger partial charge on any atom is -0.214 e. The predicted molar refractivity (Wildman–Crippen MR) is 67.0 cm³/mol. The van der Waals surface area contributed by atoms with Crippen LogP contribution in [0.15, 0.2) is 73.8 Å². The fraction of sp³-hybridized carbons (Fsp3) is 0. The predicted octanol–water partition coefficient (Wildman–Crippen LogP) is 4.99. The topological polar surface area (TPSA) is 0 Å². The molecule has 2 aromatic rings. The quantitative estimate of drug-likeness (QED) is 0.474. The van der Waals surface area contributed by atoms with Crippen molar-refractivity contribution < 1.29 is 20.8 Å². The van der Waals surface area contributed by atoms with Gasteiger partial charge in [-0.1, -0.05) is 0 Å². The van der Waals surface area contributed by atoms with E-state index in [0.29, 0.717) is 0 Å². The summed E-state index contributed by atoms with van der Waals surface area (Å²) in [6.07, 6.45) is 0. The Labute approximate surface area is 111 Å². The number of hydrogen-bond donors (Lipinski definition) is 0. The van der Waals surface area contributed by atoms with Crippen LogP contribution in [0.25, 0.3) is 0 Å². The van der Waals surface area contributed by atoms with Crippen LogP contribution in [-0.4, -0.2) is 0 Å². The zero-order valence-corrected chi connectivity index (χ0v) is 12.4. The standard InChI is InChI=1S/2C5H5.C2H4.2ClH.Zr/c2*1-2-4-5-3-1;1-2;;;/h2*1-5H;1-2H2;2*1H;/q2*-1;;;;+4/p-2. The molecule has 0 aliphatic heterocycles. The van der Waals surface area contributed by atoms with Gasteiger partial charge in [0.25, 0.3) is 0 Å². The van der Waals surface area contributed by atoms with Gasteiger partial charge in [-0.15, -0.1) is 13.2 Å². The first kappa shape index (κ1) is 17.3. The zero-order valence-electron chi connectivity index (χ0n) is 8.44. The van der Waals surface area contributed by atoms with Gasteiger partial charge in [-0.2, -0.15) is 36.4 Å². The molecule has 0 aromatic heterocycles. The van der Waals surface area contributed by atoms with Gasteiger partial charge >= 0.3 is 37.9 Å². The molecule has 0 saturated carbocycles. The Hall–Kier alpha value is -0.0969. The molecule has 0 nitrogen and oxygen atoms in total. The van der Waals surface area contributed by atoms with Gasteiger partial charge in [0.05, 0.1) is 0 Å². The minimum atomic E-state index is -0.826.